The highest BCUT2D eigenvalue weighted by Crippen LogP contribution is 2.14. The Morgan fingerprint density at radius 1 is 1.47 bits per heavy atom. The first-order chi connectivity index (χ1) is 7.27. The van der Waals surface area contributed by atoms with Crippen molar-refractivity contribution in [3.63, 3.8) is 0 Å². The number of rotatable bonds is 7. The molecule has 86 valence electrons. The number of nitrogens with one attached hydrogen (secondary N) is 1. The van der Waals surface area contributed by atoms with Gasteiger partial charge in [0.2, 0.25) is 0 Å². The van der Waals surface area contributed by atoms with E-state index in [0.29, 0.717) is 6.04 Å². The van der Waals surface area contributed by atoms with Crippen molar-refractivity contribution < 1.29 is 0 Å². The molecule has 0 aliphatic rings. The molecule has 0 aliphatic carbocycles. The van der Waals surface area contributed by atoms with Crippen LogP contribution in [-0.2, 0) is 6.54 Å². The van der Waals surface area contributed by atoms with Crippen molar-refractivity contribution in [3.05, 3.63) is 16.6 Å². The number of nitrogens with zero attached hydrogens (tertiary/aromatic N) is 1. The zero-order chi connectivity index (χ0) is 11.1. The molecule has 1 aromatic rings. The molecule has 2 unspecified atom stereocenters. The van der Waals surface area contributed by atoms with Gasteiger partial charge in [0.25, 0.3) is 0 Å². The summed E-state index contributed by atoms with van der Waals surface area (Å²) in [5.41, 5.74) is 1.90. The minimum Gasteiger partial charge on any atom is -0.309 e. The minimum atomic E-state index is 0.645. The Hall–Kier alpha value is -0.410. The van der Waals surface area contributed by atoms with Crippen molar-refractivity contribution in [1.29, 1.82) is 0 Å². The lowest BCUT2D eigenvalue weighted by Gasteiger charge is -2.23. The number of hydrogen-bond donors (Lipinski definition) is 1. The highest BCUT2D eigenvalue weighted by Gasteiger charge is 2.13. The molecule has 15 heavy (non-hydrogen) atoms. The molecule has 1 heterocycles. The molecule has 1 N–H and O–H groups in total. The first-order valence-corrected chi connectivity index (χ1v) is 6.76. The van der Waals surface area contributed by atoms with Gasteiger partial charge in [-0.15, -0.1) is 11.3 Å². The Morgan fingerprint density at radius 3 is 2.80 bits per heavy atom. The first-order valence-electron chi connectivity index (χ1n) is 5.88. The lowest BCUT2D eigenvalue weighted by atomic mass is 9.95. The molecule has 0 radical (unpaired) electrons. The SMILES string of the molecule is CCCC(C)C(CC)NCc1cncs1. The summed E-state index contributed by atoms with van der Waals surface area (Å²) in [5, 5.41) is 3.63. The van der Waals surface area contributed by atoms with E-state index in [2.05, 4.69) is 31.1 Å². The van der Waals surface area contributed by atoms with E-state index in [0.717, 1.165) is 12.5 Å². The average molecular weight is 226 g/mol. The Labute approximate surface area is 97.1 Å². The maximum Gasteiger partial charge on any atom is 0.0794 e. The lowest BCUT2D eigenvalue weighted by Crippen LogP contribution is -2.33. The molecule has 0 bridgehead atoms. The number of thiazole rings is 1. The fraction of sp³-hybridized carbons (Fsp3) is 0.750. The van der Waals surface area contributed by atoms with Crippen LogP contribution in [0, 0.1) is 5.92 Å². The average Bonchev–Trinajstić information content (AvgIpc) is 2.72. The van der Waals surface area contributed by atoms with Crippen molar-refractivity contribution in [2.45, 2.75) is 52.6 Å². The fourth-order valence-electron chi connectivity index (χ4n) is 1.97. The van der Waals surface area contributed by atoms with E-state index < -0.39 is 0 Å². The van der Waals surface area contributed by atoms with Crippen molar-refractivity contribution in [2.75, 3.05) is 0 Å². The zero-order valence-electron chi connectivity index (χ0n) is 9.99. The predicted molar refractivity (Wildman–Crippen MR) is 67.1 cm³/mol. The van der Waals surface area contributed by atoms with Crippen molar-refractivity contribution in [1.82, 2.24) is 10.3 Å². The summed E-state index contributed by atoms with van der Waals surface area (Å²) < 4.78 is 0. The molecule has 0 saturated carbocycles. The van der Waals surface area contributed by atoms with Crippen LogP contribution >= 0.6 is 11.3 Å². The molecule has 0 amide bonds. The van der Waals surface area contributed by atoms with E-state index >= 15 is 0 Å². The van der Waals surface area contributed by atoms with Gasteiger partial charge in [0.15, 0.2) is 0 Å². The van der Waals surface area contributed by atoms with Crippen LogP contribution in [0.4, 0.5) is 0 Å². The Bertz CT molecular complexity index is 246. The largest absolute Gasteiger partial charge is 0.309 e. The lowest BCUT2D eigenvalue weighted by molar-refractivity contribution is 0.345. The Balaban J connectivity index is 2.33. The van der Waals surface area contributed by atoms with Crippen LogP contribution in [0.25, 0.3) is 0 Å². The summed E-state index contributed by atoms with van der Waals surface area (Å²) in [6.45, 7) is 7.83. The highest BCUT2D eigenvalue weighted by molar-refractivity contribution is 7.09. The summed E-state index contributed by atoms with van der Waals surface area (Å²) in [6, 6.07) is 0.645. The monoisotopic (exact) mass is 226 g/mol. The van der Waals surface area contributed by atoms with Gasteiger partial charge >= 0.3 is 0 Å². The fourth-order valence-corrected chi connectivity index (χ4v) is 2.51. The molecule has 3 heteroatoms. The van der Waals surface area contributed by atoms with Crippen LogP contribution in [0.3, 0.4) is 0 Å². The number of aromatic nitrogens is 1. The van der Waals surface area contributed by atoms with Gasteiger partial charge in [0.1, 0.15) is 0 Å². The molecule has 1 aromatic heterocycles. The van der Waals surface area contributed by atoms with E-state index in [1.54, 1.807) is 11.3 Å². The smallest absolute Gasteiger partial charge is 0.0794 e. The quantitative estimate of drug-likeness (QED) is 0.770. The maximum atomic E-state index is 4.09. The van der Waals surface area contributed by atoms with E-state index in [1.807, 2.05) is 11.7 Å². The molecule has 0 spiro atoms. The van der Waals surface area contributed by atoms with Crippen LogP contribution in [0.1, 0.15) is 44.9 Å². The zero-order valence-corrected chi connectivity index (χ0v) is 10.8. The second-order valence-electron chi connectivity index (χ2n) is 4.13. The normalized spacial score (nSPS) is 15.1. The number of hydrogen-bond acceptors (Lipinski definition) is 3. The van der Waals surface area contributed by atoms with Crippen LogP contribution in [-0.4, -0.2) is 11.0 Å². The first kappa shape index (κ1) is 12.7. The third-order valence-corrected chi connectivity index (χ3v) is 3.67. The van der Waals surface area contributed by atoms with E-state index in [9.17, 15) is 0 Å². The molecule has 0 aromatic carbocycles. The summed E-state index contributed by atoms with van der Waals surface area (Å²) in [6.07, 6.45) is 5.75. The van der Waals surface area contributed by atoms with Gasteiger partial charge in [0, 0.05) is 23.7 Å². The van der Waals surface area contributed by atoms with Gasteiger partial charge in [-0.3, -0.25) is 4.98 Å². The minimum absolute atomic E-state index is 0.645. The van der Waals surface area contributed by atoms with Crippen molar-refractivity contribution in [2.24, 2.45) is 5.92 Å². The summed E-state index contributed by atoms with van der Waals surface area (Å²) in [5.74, 6) is 0.771. The third kappa shape index (κ3) is 4.31. The molecule has 0 fully saturated rings. The van der Waals surface area contributed by atoms with Crippen molar-refractivity contribution in [3.8, 4) is 0 Å². The molecule has 0 aliphatic heterocycles. The predicted octanol–water partition coefficient (Wildman–Crippen LogP) is 3.45. The van der Waals surface area contributed by atoms with Crippen LogP contribution in [0.2, 0.25) is 0 Å². The molecule has 1 rings (SSSR count). The summed E-state index contributed by atoms with van der Waals surface area (Å²) >= 11 is 1.73. The van der Waals surface area contributed by atoms with E-state index in [4.69, 9.17) is 0 Å². The van der Waals surface area contributed by atoms with Gasteiger partial charge in [-0.05, 0) is 18.8 Å². The molecule has 0 saturated heterocycles. The van der Waals surface area contributed by atoms with Gasteiger partial charge in [0.05, 0.1) is 5.51 Å². The van der Waals surface area contributed by atoms with Gasteiger partial charge in [-0.25, -0.2) is 0 Å². The Kier molecular flexibility index (Phi) is 5.88. The molecular formula is C12H22N2S. The highest BCUT2D eigenvalue weighted by atomic mass is 32.1. The Morgan fingerprint density at radius 2 is 2.27 bits per heavy atom. The van der Waals surface area contributed by atoms with E-state index in [-0.39, 0.29) is 0 Å². The topological polar surface area (TPSA) is 24.9 Å². The molecule has 2 nitrogen and oxygen atoms in total. The summed E-state index contributed by atoms with van der Waals surface area (Å²) in [7, 11) is 0. The van der Waals surface area contributed by atoms with Gasteiger partial charge in [-0.1, -0.05) is 27.2 Å². The van der Waals surface area contributed by atoms with Crippen molar-refractivity contribution >= 4 is 11.3 Å². The van der Waals surface area contributed by atoms with Crippen LogP contribution in [0.15, 0.2) is 11.7 Å². The standard InChI is InChI=1S/C12H22N2S/c1-4-6-10(3)12(5-2)14-8-11-7-13-9-15-11/h7,9-10,12,14H,4-6,8H2,1-3H3. The third-order valence-electron chi connectivity index (χ3n) is 2.89. The van der Waals surface area contributed by atoms with Crippen LogP contribution < -0.4 is 5.32 Å². The maximum absolute atomic E-state index is 4.09. The van der Waals surface area contributed by atoms with Gasteiger partial charge < -0.3 is 5.32 Å². The second kappa shape index (κ2) is 6.96. The molecule has 2 atom stereocenters. The van der Waals surface area contributed by atoms with Gasteiger partial charge in [-0.2, -0.15) is 0 Å². The summed E-state index contributed by atoms with van der Waals surface area (Å²) in [4.78, 5) is 5.42. The molecular weight excluding hydrogens is 204 g/mol. The second-order valence-corrected chi connectivity index (χ2v) is 5.10. The van der Waals surface area contributed by atoms with Crippen LogP contribution in [0.5, 0.6) is 0 Å². The van der Waals surface area contributed by atoms with E-state index in [1.165, 1.54) is 24.1 Å².